The highest BCUT2D eigenvalue weighted by Gasteiger charge is 2.14. The molecule has 5 nitrogen and oxygen atoms in total. The van der Waals surface area contributed by atoms with Gasteiger partial charge in [-0.15, -0.1) is 0 Å². The van der Waals surface area contributed by atoms with E-state index in [-0.39, 0.29) is 0 Å². The van der Waals surface area contributed by atoms with Gasteiger partial charge in [-0.2, -0.15) is 0 Å². The van der Waals surface area contributed by atoms with E-state index in [9.17, 15) is 4.79 Å². The smallest absolute Gasteiger partial charge is 0.329 e. The zero-order valence-corrected chi connectivity index (χ0v) is 12.4. The third kappa shape index (κ3) is 3.82. The van der Waals surface area contributed by atoms with Gasteiger partial charge in [0, 0.05) is 6.07 Å². The second kappa shape index (κ2) is 6.90. The van der Waals surface area contributed by atoms with Crippen molar-refractivity contribution in [3.63, 3.8) is 0 Å². The first kappa shape index (κ1) is 15.1. The molecule has 6 heteroatoms. The predicted octanol–water partition coefficient (Wildman–Crippen LogP) is 3.00. The Balaban J connectivity index is 2.17. The Kier molecular flexibility index (Phi) is 4.94. The molecule has 0 bridgehead atoms. The van der Waals surface area contributed by atoms with Gasteiger partial charge in [-0.3, -0.25) is 0 Å². The number of benzene rings is 2. The van der Waals surface area contributed by atoms with Crippen LogP contribution in [0.5, 0.6) is 11.5 Å². The van der Waals surface area contributed by atoms with Gasteiger partial charge in [0.1, 0.15) is 23.8 Å². The van der Waals surface area contributed by atoms with Crippen molar-refractivity contribution in [1.82, 2.24) is 0 Å². The number of rotatable bonds is 5. The lowest BCUT2D eigenvalue weighted by Gasteiger charge is -2.17. The maximum Gasteiger partial charge on any atom is 0.329 e. The number of carbonyl (C=O) groups is 1. The van der Waals surface area contributed by atoms with Crippen LogP contribution < -0.4 is 19.5 Å². The van der Waals surface area contributed by atoms with E-state index in [1.807, 2.05) is 30.3 Å². The van der Waals surface area contributed by atoms with Crippen LogP contribution in [0.25, 0.3) is 0 Å². The van der Waals surface area contributed by atoms with E-state index in [4.69, 9.17) is 15.2 Å². The lowest BCUT2D eigenvalue weighted by Crippen LogP contribution is -2.27. The first-order chi connectivity index (χ1) is 10.1. The van der Waals surface area contributed by atoms with Gasteiger partial charge in [0.15, 0.2) is 0 Å². The van der Waals surface area contributed by atoms with E-state index in [2.05, 4.69) is 12.8 Å². The molecule has 2 amide bonds. The van der Waals surface area contributed by atoms with E-state index in [0.717, 1.165) is 9.87 Å². The van der Waals surface area contributed by atoms with Crippen LogP contribution in [0.2, 0.25) is 0 Å². The molecule has 0 radical (unpaired) electrons. The van der Waals surface area contributed by atoms with Crippen LogP contribution in [0.15, 0.2) is 48.5 Å². The molecule has 2 aromatic carbocycles. The molecular weight excluding hydrogens is 288 g/mol. The minimum atomic E-state index is -0.697. The fraction of sp³-hybridized carbons (Fsp3) is 0.133. The number of urea groups is 1. The zero-order valence-electron chi connectivity index (χ0n) is 11.5. The zero-order chi connectivity index (χ0) is 15.2. The molecule has 0 fully saturated rings. The number of carbonyl (C=O) groups excluding carboxylic acids is 1. The van der Waals surface area contributed by atoms with Crippen LogP contribution >= 0.6 is 12.8 Å². The molecule has 2 aromatic rings. The summed E-state index contributed by atoms with van der Waals surface area (Å²) in [5.41, 5.74) is 6.70. The lowest BCUT2D eigenvalue weighted by atomic mass is 10.2. The predicted molar refractivity (Wildman–Crippen MR) is 84.8 cm³/mol. The first-order valence-corrected chi connectivity index (χ1v) is 6.65. The summed E-state index contributed by atoms with van der Waals surface area (Å²) in [5, 5.41) is 0. The minimum absolute atomic E-state index is 0.426. The molecule has 0 aromatic heterocycles. The van der Waals surface area contributed by atoms with Crippen molar-refractivity contribution in [3.05, 3.63) is 54.1 Å². The number of hydrogen-bond acceptors (Lipinski definition) is 4. The third-order valence-corrected chi connectivity index (χ3v) is 3.25. The highest BCUT2D eigenvalue weighted by molar-refractivity contribution is 7.82. The van der Waals surface area contributed by atoms with Crippen LogP contribution in [0.3, 0.4) is 0 Å². The fourth-order valence-electron chi connectivity index (χ4n) is 1.78. The average molecular weight is 304 g/mol. The second-order valence-corrected chi connectivity index (χ2v) is 4.66. The Morgan fingerprint density at radius 3 is 2.57 bits per heavy atom. The Bertz CT molecular complexity index is 620. The Morgan fingerprint density at radius 2 is 1.95 bits per heavy atom. The maximum atomic E-state index is 11.2. The van der Waals surface area contributed by atoms with Crippen molar-refractivity contribution in [2.45, 2.75) is 6.61 Å². The van der Waals surface area contributed by atoms with Crippen molar-refractivity contribution in [2.24, 2.45) is 5.73 Å². The Morgan fingerprint density at radius 1 is 1.24 bits per heavy atom. The van der Waals surface area contributed by atoms with Gasteiger partial charge >= 0.3 is 6.03 Å². The lowest BCUT2D eigenvalue weighted by molar-refractivity contribution is 0.257. The maximum absolute atomic E-state index is 11.2. The Labute approximate surface area is 128 Å². The summed E-state index contributed by atoms with van der Waals surface area (Å²) in [6, 6.07) is 14.2. The van der Waals surface area contributed by atoms with Gasteiger partial charge in [0.25, 0.3) is 0 Å². The molecule has 0 aliphatic rings. The molecule has 0 heterocycles. The molecule has 0 saturated heterocycles. The van der Waals surface area contributed by atoms with E-state index < -0.39 is 6.03 Å². The number of nitrogens with two attached hydrogens (primary N) is 1. The molecule has 2 N–H and O–H groups in total. The van der Waals surface area contributed by atoms with Gasteiger partial charge < -0.3 is 15.2 Å². The summed E-state index contributed by atoms with van der Waals surface area (Å²) in [6.07, 6.45) is 0. The molecule has 110 valence electrons. The van der Waals surface area contributed by atoms with Crippen molar-refractivity contribution in [3.8, 4) is 11.5 Å². The van der Waals surface area contributed by atoms with Gasteiger partial charge in [-0.05, 0) is 17.7 Å². The van der Waals surface area contributed by atoms with Gasteiger partial charge in [0.05, 0.1) is 7.11 Å². The highest BCUT2D eigenvalue weighted by Crippen LogP contribution is 2.33. The number of anilines is 1. The van der Waals surface area contributed by atoms with Crippen LogP contribution in [0.1, 0.15) is 5.56 Å². The Hall–Kier alpha value is -2.34. The number of amides is 2. The topological polar surface area (TPSA) is 64.8 Å². The van der Waals surface area contributed by atoms with E-state index in [0.29, 0.717) is 23.8 Å². The first-order valence-electron chi connectivity index (χ1n) is 6.25. The number of primary amides is 1. The summed E-state index contributed by atoms with van der Waals surface area (Å²) in [6.45, 7) is 0.426. The molecule has 0 unspecified atom stereocenters. The summed E-state index contributed by atoms with van der Waals surface area (Å²) in [4.78, 5) is 11.2. The molecule has 0 saturated carbocycles. The van der Waals surface area contributed by atoms with Crippen LogP contribution in [0.4, 0.5) is 10.5 Å². The number of methoxy groups -OCH3 is 1. The van der Waals surface area contributed by atoms with Crippen molar-refractivity contribution < 1.29 is 14.3 Å². The molecule has 0 aliphatic carbocycles. The molecule has 0 aliphatic heterocycles. The molecular formula is C15H16N2O3S. The van der Waals surface area contributed by atoms with Crippen LogP contribution in [-0.2, 0) is 6.61 Å². The largest absolute Gasteiger partial charge is 0.495 e. The van der Waals surface area contributed by atoms with E-state index in [1.165, 1.54) is 7.11 Å². The second-order valence-electron chi connectivity index (χ2n) is 4.26. The highest BCUT2D eigenvalue weighted by atomic mass is 32.1. The molecule has 21 heavy (non-hydrogen) atoms. The van der Waals surface area contributed by atoms with Crippen LogP contribution in [0, 0.1) is 0 Å². The fourth-order valence-corrected chi connectivity index (χ4v) is 1.94. The van der Waals surface area contributed by atoms with E-state index in [1.54, 1.807) is 18.2 Å². The standard InChI is InChI=1S/C15H16N2O3S/c1-19-14-8-7-12(9-13(14)17(21)15(16)18)20-10-11-5-3-2-4-6-11/h2-9,21H,10H2,1H3,(H2,16,18). The van der Waals surface area contributed by atoms with Crippen molar-refractivity contribution in [1.29, 1.82) is 0 Å². The van der Waals surface area contributed by atoms with E-state index >= 15 is 0 Å². The number of nitrogens with zero attached hydrogens (tertiary/aromatic N) is 1. The summed E-state index contributed by atoms with van der Waals surface area (Å²) in [7, 11) is 1.51. The van der Waals surface area contributed by atoms with Gasteiger partial charge in [-0.25, -0.2) is 9.10 Å². The molecule has 0 spiro atoms. The monoisotopic (exact) mass is 304 g/mol. The summed E-state index contributed by atoms with van der Waals surface area (Å²) in [5.74, 6) is 1.07. The van der Waals surface area contributed by atoms with Crippen molar-refractivity contribution >= 4 is 24.5 Å². The van der Waals surface area contributed by atoms with Crippen molar-refractivity contribution in [2.75, 3.05) is 11.4 Å². The quantitative estimate of drug-likeness (QED) is 0.835. The molecule has 0 atom stereocenters. The number of thiol groups is 1. The number of hydrogen-bond donors (Lipinski definition) is 2. The molecule has 2 rings (SSSR count). The average Bonchev–Trinajstić information content (AvgIpc) is 2.52. The summed E-state index contributed by atoms with van der Waals surface area (Å²) < 4.78 is 11.9. The van der Waals surface area contributed by atoms with Crippen LogP contribution in [-0.4, -0.2) is 13.1 Å². The number of ether oxygens (including phenoxy) is 2. The van der Waals surface area contributed by atoms with Gasteiger partial charge in [0.2, 0.25) is 0 Å². The SMILES string of the molecule is COc1ccc(OCc2ccccc2)cc1N(S)C(N)=O. The normalized spacial score (nSPS) is 10.0. The van der Waals surface area contributed by atoms with Gasteiger partial charge in [-0.1, -0.05) is 43.1 Å². The third-order valence-electron chi connectivity index (χ3n) is 2.84. The summed E-state index contributed by atoms with van der Waals surface area (Å²) >= 11 is 4.05. The minimum Gasteiger partial charge on any atom is -0.495 e.